The van der Waals surface area contributed by atoms with Gasteiger partial charge < -0.3 is 21.0 Å². The molecular formula is C19H22N4O2. The van der Waals surface area contributed by atoms with Crippen molar-refractivity contribution in [3.05, 3.63) is 42.1 Å². The summed E-state index contributed by atoms with van der Waals surface area (Å²) in [6, 6.07) is 8.66. The molecular weight excluding hydrogens is 316 g/mol. The highest BCUT2D eigenvalue weighted by Crippen LogP contribution is 2.31. The molecule has 0 atom stereocenters. The van der Waals surface area contributed by atoms with Gasteiger partial charge in [-0.2, -0.15) is 0 Å². The number of aromatic hydroxyl groups is 1. The van der Waals surface area contributed by atoms with Crippen LogP contribution >= 0.6 is 0 Å². The van der Waals surface area contributed by atoms with E-state index in [0.717, 1.165) is 19.1 Å². The average molecular weight is 338 g/mol. The van der Waals surface area contributed by atoms with Crippen LogP contribution < -0.4 is 10.5 Å². The Hall–Kier alpha value is -2.89. The van der Waals surface area contributed by atoms with Crippen LogP contribution in [-0.2, 0) is 0 Å². The van der Waals surface area contributed by atoms with E-state index >= 15 is 0 Å². The van der Waals surface area contributed by atoms with Crippen LogP contribution in [0.25, 0.3) is 16.8 Å². The van der Waals surface area contributed by atoms with Gasteiger partial charge in [-0.05, 0) is 49.4 Å². The van der Waals surface area contributed by atoms with Crippen LogP contribution in [0.2, 0.25) is 0 Å². The fourth-order valence-corrected chi connectivity index (χ4v) is 3.04. The average Bonchev–Trinajstić information content (AvgIpc) is 2.65. The topological polar surface area (TPSA) is 105 Å². The number of allylic oxidation sites excluding steroid dienone is 1. The Kier molecular flexibility index (Phi) is 5.28. The Labute approximate surface area is 146 Å². The lowest BCUT2D eigenvalue weighted by molar-refractivity contribution is 0.147. The van der Waals surface area contributed by atoms with Gasteiger partial charge in [0.2, 0.25) is 5.88 Å². The summed E-state index contributed by atoms with van der Waals surface area (Å²) in [5.41, 5.74) is 7.81. The number of hydrogen-bond donors (Lipinski definition) is 3. The van der Waals surface area contributed by atoms with Gasteiger partial charge in [0.25, 0.3) is 0 Å². The van der Waals surface area contributed by atoms with Crippen molar-refractivity contribution < 1.29 is 9.84 Å². The third-order valence-electron chi connectivity index (χ3n) is 4.42. The first-order valence-electron chi connectivity index (χ1n) is 8.48. The summed E-state index contributed by atoms with van der Waals surface area (Å²) in [4.78, 5) is 0. The molecule has 1 aromatic carbocycles. The minimum Gasteiger partial charge on any atom is -0.507 e. The van der Waals surface area contributed by atoms with E-state index in [1.807, 2.05) is 0 Å². The minimum absolute atomic E-state index is 0.0638. The molecule has 0 amide bonds. The van der Waals surface area contributed by atoms with E-state index in [4.69, 9.17) is 15.9 Å². The highest BCUT2D eigenvalue weighted by Gasteiger charge is 2.16. The van der Waals surface area contributed by atoms with Gasteiger partial charge in [-0.15, -0.1) is 10.2 Å². The molecule has 0 bridgehead atoms. The molecule has 1 aliphatic carbocycles. The predicted octanol–water partition coefficient (Wildman–Crippen LogP) is 3.51. The van der Waals surface area contributed by atoms with Crippen LogP contribution in [0.4, 0.5) is 0 Å². The summed E-state index contributed by atoms with van der Waals surface area (Å²) in [5.74, 6) is 0.581. The highest BCUT2D eigenvalue weighted by atomic mass is 16.5. The number of benzene rings is 1. The smallest absolute Gasteiger partial charge is 0.233 e. The molecule has 0 spiro atoms. The molecule has 4 N–H and O–H groups in total. The van der Waals surface area contributed by atoms with Gasteiger partial charge in [-0.3, -0.25) is 0 Å². The van der Waals surface area contributed by atoms with E-state index in [9.17, 15) is 5.11 Å². The van der Waals surface area contributed by atoms with E-state index in [1.54, 1.807) is 30.3 Å². The molecule has 0 aliphatic heterocycles. The van der Waals surface area contributed by atoms with Gasteiger partial charge in [-0.1, -0.05) is 12.5 Å². The molecule has 6 heteroatoms. The number of phenolic OH excluding ortho intramolecular Hbond substituents is 1. The molecule has 2 aromatic rings. The summed E-state index contributed by atoms with van der Waals surface area (Å²) in [6.45, 7) is 0. The number of rotatable bonds is 5. The summed E-state index contributed by atoms with van der Waals surface area (Å²) in [5, 5.41) is 25.9. The van der Waals surface area contributed by atoms with E-state index in [1.165, 1.54) is 25.5 Å². The molecule has 6 nitrogen and oxygen atoms in total. The van der Waals surface area contributed by atoms with Gasteiger partial charge in [-0.25, -0.2) is 0 Å². The van der Waals surface area contributed by atoms with Crippen LogP contribution in [0.1, 0.15) is 37.7 Å². The van der Waals surface area contributed by atoms with Crippen molar-refractivity contribution in [3.8, 4) is 22.9 Å². The van der Waals surface area contributed by atoms with Gasteiger partial charge in [0.05, 0.1) is 5.69 Å². The lowest BCUT2D eigenvalue weighted by atomic mass is 9.98. The van der Waals surface area contributed by atoms with Gasteiger partial charge >= 0.3 is 0 Å². The van der Waals surface area contributed by atoms with Crippen molar-refractivity contribution in [3.63, 3.8) is 0 Å². The van der Waals surface area contributed by atoms with E-state index in [0.29, 0.717) is 28.3 Å². The van der Waals surface area contributed by atoms with Crippen LogP contribution in [0, 0.1) is 5.41 Å². The van der Waals surface area contributed by atoms with Crippen molar-refractivity contribution in [2.24, 2.45) is 5.73 Å². The van der Waals surface area contributed by atoms with Crippen LogP contribution in [0.3, 0.4) is 0 Å². The standard InChI is InChI=1S/C19H22N4O2/c20-11-14(12-21)13-6-7-16(18(24)10-13)17-8-9-19(23-22-17)25-15-4-2-1-3-5-15/h6-12,15,20,24H,1-5,21H2. The molecule has 1 heterocycles. The van der Waals surface area contributed by atoms with Crippen molar-refractivity contribution in [2.75, 3.05) is 0 Å². The number of aromatic nitrogens is 2. The fraction of sp³-hybridized carbons (Fsp3) is 0.316. The zero-order valence-corrected chi connectivity index (χ0v) is 14.0. The summed E-state index contributed by atoms with van der Waals surface area (Å²) < 4.78 is 5.87. The van der Waals surface area contributed by atoms with E-state index in [2.05, 4.69) is 10.2 Å². The molecule has 0 radical (unpaired) electrons. The first kappa shape index (κ1) is 17.0. The number of nitrogens with zero attached hydrogens (tertiary/aromatic N) is 2. The minimum atomic E-state index is 0.0638. The highest BCUT2D eigenvalue weighted by molar-refractivity contribution is 6.08. The molecule has 1 saturated carbocycles. The van der Waals surface area contributed by atoms with Crippen LogP contribution in [0.5, 0.6) is 11.6 Å². The largest absolute Gasteiger partial charge is 0.507 e. The maximum atomic E-state index is 10.3. The number of ether oxygens (including phenoxy) is 1. The number of hydrogen-bond acceptors (Lipinski definition) is 6. The summed E-state index contributed by atoms with van der Waals surface area (Å²) in [7, 11) is 0. The van der Waals surface area contributed by atoms with Gasteiger partial charge in [0, 0.05) is 29.6 Å². The second-order valence-electron chi connectivity index (χ2n) is 6.13. The Morgan fingerprint density at radius 1 is 1.16 bits per heavy atom. The number of phenols is 1. The normalized spacial score (nSPS) is 15.8. The van der Waals surface area contributed by atoms with Crippen LogP contribution in [0.15, 0.2) is 36.5 Å². The molecule has 1 aromatic heterocycles. The molecule has 0 saturated heterocycles. The lowest BCUT2D eigenvalue weighted by Crippen LogP contribution is -2.20. The lowest BCUT2D eigenvalue weighted by Gasteiger charge is -2.22. The monoisotopic (exact) mass is 338 g/mol. The third kappa shape index (κ3) is 3.96. The number of nitrogens with one attached hydrogen (secondary N) is 1. The second-order valence-corrected chi connectivity index (χ2v) is 6.13. The third-order valence-corrected chi connectivity index (χ3v) is 4.42. The maximum Gasteiger partial charge on any atom is 0.233 e. The summed E-state index contributed by atoms with van der Waals surface area (Å²) >= 11 is 0. The molecule has 0 unspecified atom stereocenters. The first-order valence-corrected chi connectivity index (χ1v) is 8.48. The summed E-state index contributed by atoms with van der Waals surface area (Å²) in [6.07, 6.45) is 8.51. The van der Waals surface area contributed by atoms with E-state index < -0.39 is 0 Å². The second kappa shape index (κ2) is 7.79. The van der Waals surface area contributed by atoms with Crippen molar-refractivity contribution >= 4 is 11.8 Å². The van der Waals surface area contributed by atoms with Gasteiger partial charge in [0.15, 0.2) is 0 Å². The van der Waals surface area contributed by atoms with Gasteiger partial charge in [0.1, 0.15) is 11.9 Å². The van der Waals surface area contributed by atoms with E-state index in [-0.39, 0.29) is 11.9 Å². The maximum absolute atomic E-state index is 10.3. The predicted molar refractivity (Wildman–Crippen MR) is 97.6 cm³/mol. The SMILES string of the molecule is N=CC(=CN)c1ccc(-c2ccc(OC3CCCCC3)nn2)c(O)c1. The van der Waals surface area contributed by atoms with Crippen molar-refractivity contribution in [1.29, 1.82) is 5.41 Å². The zero-order valence-electron chi connectivity index (χ0n) is 14.0. The molecule has 25 heavy (non-hydrogen) atoms. The molecule has 3 rings (SSSR count). The van der Waals surface area contributed by atoms with Crippen molar-refractivity contribution in [2.45, 2.75) is 38.2 Å². The first-order chi connectivity index (χ1) is 12.2. The van der Waals surface area contributed by atoms with Crippen LogP contribution in [-0.4, -0.2) is 27.6 Å². The Morgan fingerprint density at radius 2 is 1.96 bits per heavy atom. The Morgan fingerprint density at radius 3 is 2.56 bits per heavy atom. The Balaban J connectivity index is 1.76. The Bertz CT molecular complexity index is 765. The van der Waals surface area contributed by atoms with Crippen molar-refractivity contribution in [1.82, 2.24) is 10.2 Å². The zero-order chi connectivity index (χ0) is 17.6. The molecule has 1 aliphatic rings. The molecule has 130 valence electrons. The number of nitrogens with two attached hydrogens (primary N) is 1. The fourth-order valence-electron chi connectivity index (χ4n) is 3.04. The molecule has 1 fully saturated rings. The quantitative estimate of drug-likeness (QED) is 0.724.